The van der Waals surface area contributed by atoms with Crippen LogP contribution in [0.15, 0.2) is 0 Å². The molecule has 1 heterocycles. The Morgan fingerprint density at radius 1 is 0.889 bits per heavy atom. The Kier molecular flexibility index (Phi) is 5.50. The molecule has 2 nitrogen and oxygen atoms in total. The van der Waals surface area contributed by atoms with Crippen molar-refractivity contribution in [2.45, 2.75) is 58.9 Å². The molecular weight excluding hydrogens is 220 g/mol. The van der Waals surface area contributed by atoms with Crippen molar-refractivity contribution >= 4 is 0 Å². The van der Waals surface area contributed by atoms with Crippen LogP contribution in [0, 0.1) is 17.8 Å². The van der Waals surface area contributed by atoms with Gasteiger partial charge in [0.05, 0.1) is 0 Å². The maximum atomic E-state index is 3.78. The van der Waals surface area contributed by atoms with E-state index in [1.54, 1.807) is 0 Å². The Morgan fingerprint density at radius 3 is 2.11 bits per heavy atom. The van der Waals surface area contributed by atoms with Crippen molar-refractivity contribution in [3.8, 4) is 0 Å². The van der Waals surface area contributed by atoms with Crippen LogP contribution in [0.3, 0.4) is 0 Å². The molecule has 1 N–H and O–H groups in total. The summed E-state index contributed by atoms with van der Waals surface area (Å²) in [5.41, 5.74) is 0. The number of hydrogen-bond acceptors (Lipinski definition) is 2. The van der Waals surface area contributed by atoms with Gasteiger partial charge in [0.25, 0.3) is 0 Å². The van der Waals surface area contributed by atoms with Crippen molar-refractivity contribution in [2.24, 2.45) is 17.8 Å². The van der Waals surface area contributed by atoms with Crippen LogP contribution in [-0.4, -0.2) is 37.1 Å². The molecule has 106 valence electrons. The highest BCUT2D eigenvalue weighted by Gasteiger charge is 2.22. The lowest BCUT2D eigenvalue weighted by Gasteiger charge is -2.35. The van der Waals surface area contributed by atoms with Gasteiger partial charge in [-0.1, -0.05) is 20.8 Å². The number of piperidine rings is 1. The molecule has 2 atom stereocenters. The van der Waals surface area contributed by atoms with Crippen LogP contribution in [0.2, 0.25) is 0 Å². The summed E-state index contributed by atoms with van der Waals surface area (Å²) in [6.07, 6.45) is 7.07. The van der Waals surface area contributed by atoms with Crippen molar-refractivity contribution in [3.63, 3.8) is 0 Å². The lowest BCUT2D eigenvalue weighted by Crippen LogP contribution is -2.44. The molecule has 0 amide bonds. The molecule has 1 aliphatic heterocycles. The number of likely N-dealkylation sites (tertiary alicyclic amines) is 1. The Bertz CT molecular complexity index is 223. The molecule has 2 fully saturated rings. The fourth-order valence-corrected chi connectivity index (χ4v) is 3.87. The van der Waals surface area contributed by atoms with Crippen LogP contribution in [-0.2, 0) is 0 Å². The van der Waals surface area contributed by atoms with Gasteiger partial charge >= 0.3 is 0 Å². The van der Waals surface area contributed by atoms with Gasteiger partial charge in [0.15, 0.2) is 0 Å². The molecule has 0 aromatic heterocycles. The van der Waals surface area contributed by atoms with Crippen molar-refractivity contribution in [2.75, 3.05) is 26.2 Å². The summed E-state index contributed by atoms with van der Waals surface area (Å²) < 4.78 is 0. The molecule has 2 heteroatoms. The van der Waals surface area contributed by atoms with Gasteiger partial charge in [-0.2, -0.15) is 0 Å². The minimum Gasteiger partial charge on any atom is -0.313 e. The summed E-state index contributed by atoms with van der Waals surface area (Å²) in [6, 6.07) is 0.806. The van der Waals surface area contributed by atoms with Gasteiger partial charge in [0.2, 0.25) is 0 Å². The quantitative estimate of drug-likeness (QED) is 0.827. The van der Waals surface area contributed by atoms with Crippen LogP contribution in [0.5, 0.6) is 0 Å². The highest BCUT2D eigenvalue weighted by molar-refractivity contribution is 4.78. The van der Waals surface area contributed by atoms with Crippen LogP contribution in [0.4, 0.5) is 0 Å². The van der Waals surface area contributed by atoms with Gasteiger partial charge in [-0.3, -0.25) is 0 Å². The molecular formula is C16H32N2. The first-order valence-corrected chi connectivity index (χ1v) is 8.09. The van der Waals surface area contributed by atoms with Crippen molar-refractivity contribution in [1.29, 1.82) is 0 Å². The standard InChI is InChI=1S/C16H32N2/c1-13-4-6-16(7-5-13)17-8-9-18-11-14(2)10-15(3)12-18/h13-17H,4-12H2,1-3H3. The van der Waals surface area contributed by atoms with Crippen LogP contribution in [0.1, 0.15) is 52.9 Å². The Labute approximate surface area is 114 Å². The largest absolute Gasteiger partial charge is 0.313 e. The van der Waals surface area contributed by atoms with Crippen molar-refractivity contribution < 1.29 is 0 Å². The highest BCUT2D eigenvalue weighted by Crippen LogP contribution is 2.23. The maximum absolute atomic E-state index is 3.78. The molecule has 2 rings (SSSR count). The van der Waals surface area contributed by atoms with Crippen molar-refractivity contribution in [3.05, 3.63) is 0 Å². The molecule has 0 aromatic rings. The highest BCUT2D eigenvalue weighted by atomic mass is 15.1. The third kappa shape index (κ3) is 4.55. The molecule has 0 radical (unpaired) electrons. The summed E-state index contributed by atoms with van der Waals surface area (Å²) in [6.45, 7) is 12.3. The van der Waals surface area contributed by atoms with Gasteiger partial charge in [-0.15, -0.1) is 0 Å². The average Bonchev–Trinajstić information content (AvgIpc) is 2.30. The molecule has 0 aromatic carbocycles. The number of nitrogens with one attached hydrogen (secondary N) is 1. The molecule has 18 heavy (non-hydrogen) atoms. The second kappa shape index (κ2) is 6.91. The van der Waals surface area contributed by atoms with Crippen LogP contribution in [0.25, 0.3) is 0 Å². The Balaban J connectivity index is 1.60. The predicted molar refractivity (Wildman–Crippen MR) is 78.8 cm³/mol. The zero-order valence-electron chi connectivity index (χ0n) is 12.6. The van der Waals surface area contributed by atoms with Crippen LogP contribution >= 0.6 is 0 Å². The molecule has 0 spiro atoms. The summed E-state index contributed by atoms with van der Waals surface area (Å²) in [5.74, 6) is 2.75. The molecule has 1 aliphatic carbocycles. The lowest BCUT2D eigenvalue weighted by atomic mass is 9.87. The third-order valence-electron chi connectivity index (χ3n) is 4.82. The van der Waals surface area contributed by atoms with E-state index in [-0.39, 0.29) is 0 Å². The first-order chi connectivity index (χ1) is 8.63. The van der Waals surface area contributed by atoms with E-state index in [4.69, 9.17) is 0 Å². The zero-order valence-corrected chi connectivity index (χ0v) is 12.6. The van der Waals surface area contributed by atoms with E-state index < -0.39 is 0 Å². The smallest absolute Gasteiger partial charge is 0.0107 e. The summed E-state index contributed by atoms with van der Waals surface area (Å²) in [5, 5.41) is 3.78. The fourth-order valence-electron chi connectivity index (χ4n) is 3.87. The molecule has 2 unspecified atom stereocenters. The Hall–Kier alpha value is -0.0800. The van der Waals surface area contributed by atoms with E-state index in [9.17, 15) is 0 Å². The first kappa shape index (κ1) is 14.3. The molecule has 1 saturated heterocycles. The first-order valence-electron chi connectivity index (χ1n) is 8.09. The van der Waals surface area contributed by atoms with Gasteiger partial charge < -0.3 is 10.2 Å². The van der Waals surface area contributed by atoms with E-state index in [1.165, 1.54) is 58.3 Å². The van der Waals surface area contributed by atoms with E-state index in [1.807, 2.05) is 0 Å². The van der Waals surface area contributed by atoms with E-state index in [0.717, 1.165) is 23.8 Å². The maximum Gasteiger partial charge on any atom is 0.0107 e. The average molecular weight is 252 g/mol. The molecule has 1 saturated carbocycles. The van der Waals surface area contributed by atoms with Gasteiger partial charge in [-0.25, -0.2) is 0 Å². The van der Waals surface area contributed by atoms with E-state index in [2.05, 4.69) is 31.0 Å². The third-order valence-corrected chi connectivity index (χ3v) is 4.82. The summed E-state index contributed by atoms with van der Waals surface area (Å²) >= 11 is 0. The second-order valence-corrected chi connectivity index (χ2v) is 7.12. The normalized spacial score (nSPS) is 38.8. The minimum absolute atomic E-state index is 0.806. The van der Waals surface area contributed by atoms with Gasteiger partial charge in [0.1, 0.15) is 0 Å². The molecule has 0 bridgehead atoms. The fraction of sp³-hybridized carbons (Fsp3) is 1.00. The zero-order chi connectivity index (χ0) is 13.0. The van der Waals surface area contributed by atoms with E-state index >= 15 is 0 Å². The Morgan fingerprint density at radius 2 is 1.50 bits per heavy atom. The second-order valence-electron chi connectivity index (χ2n) is 7.12. The number of hydrogen-bond donors (Lipinski definition) is 1. The van der Waals surface area contributed by atoms with Crippen molar-refractivity contribution in [1.82, 2.24) is 10.2 Å². The minimum atomic E-state index is 0.806. The SMILES string of the molecule is CC1CCC(NCCN2CC(C)CC(C)C2)CC1. The topological polar surface area (TPSA) is 15.3 Å². The van der Waals surface area contributed by atoms with Gasteiger partial charge in [-0.05, 0) is 49.9 Å². The summed E-state index contributed by atoms with van der Waals surface area (Å²) in [7, 11) is 0. The lowest BCUT2D eigenvalue weighted by molar-refractivity contribution is 0.139. The number of rotatable bonds is 4. The van der Waals surface area contributed by atoms with Gasteiger partial charge in [0, 0.05) is 32.2 Å². The number of nitrogens with zero attached hydrogens (tertiary/aromatic N) is 1. The van der Waals surface area contributed by atoms with E-state index in [0.29, 0.717) is 0 Å². The molecule has 2 aliphatic rings. The monoisotopic (exact) mass is 252 g/mol. The summed E-state index contributed by atoms with van der Waals surface area (Å²) in [4.78, 5) is 2.66. The van der Waals surface area contributed by atoms with Crippen LogP contribution < -0.4 is 5.32 Å². The predicted octanol–water partition coefficient (Wildman–Crippen LogP) is 3.13.